The Morgan fingerprint density at radius 3 is 2.00 bits per heavy atom. The first-order chi connectivity index (χ1) is 6.20. The Balaban J connectivity index is 0.000000424. The highest BCUT2D eigenvalue weighted by Gasteiger charge is 1.90. The monoisotopic (exact) mass is 180 g/mol. The Morgan fingerprint density at radius 2 is 1.62 bits per heavy atom. The van der Waals surface area contributed by atoms with E-state index in [4.69, 9.17) is 5.73 Å². The van der Waals surface area contributed by atoms with Gasteiger partial charge in [0.05, 0.1) is 0 Å². The van der Waals surface area contributed by atoms with Crippen molar-refractivity contribution < 1.29 is 0 Å². The van der Waals surface area contributed by atoms with Crippen LogP contribution in [-0.2, 0) is 6.54 Å². The molecule has 13 heavy (non-hydrogen) atoms. The Bertz CT molecular complexity index is 195. The zero-order valence-electron chi connectivity index (χ0n) is 8.83. The van der Waals surface area contributed by atoms with Gasteiger partial charge in [0, 0.05) is 6.54 Å². The maximum Gasteiger partial charge on any atom is 0.0227 e. The molecule has 1 aromatic carbocycles. The molecule has 1 rings (SSSR count). The summed E-state index contributed by atoms with van der Waals surface area (Å²) in [5.74, 6) is 0. The van der Waals surface area contributed by atoms with Crippen molar-refractivity contribution in [1.29, 1.82) is 0 Å². The number of rotatable bonds is 2. The van der Waals surface area contributed by atoms with Gasteiger partial charge in [-0.1, -0.05) is 37.3 Å². The lowest BCUT2D eigenvalue weighted by atomic mass is 10.2. The number of hydrogen-bond donors (Lipinski definition) is 1. The van der Waals surface area contributed by atoms with Crippen molar-refractivity contribution in [2.75, 3.05) is 20.6 Å². The molecule has 0 spiro atoms. The number of nitrogens with zero attached hydrogens (tertiary/aromatic N) is 1. The maximum absolute atomic E-state index is 4.85. The van der Waals surface area contributed by atoms with Gasteiger partial charge in [-0.15, -0.1) is 0 Å². The first-order valence-electron chi connectivity index (χ1n) is 4.59. The maximum atomic E-state index is 4.85. The molecule has 0 aliphatic carbocycles. The molecule has 0 aromatic heterocycles. The third-order valence-corrected chi connectivity index (χ3v) is 1.34. The molecule has 0 amide bonds. The van der Waals surface area contributed by atoms with Crippen LogP contribution in [-0.4, -0.2) is 25.5 Å². The van der Waals surface area contributed by atoms with Crippen LogP contribution in [0, 0.1) is 0 Å². The smallest absolute Gasteiger partial charge is 0.0227 e. The van der Waals surface area contributed by atoms with Gasteiger partial charge >= 0.3 is 0 Å². The molecule has 2 heteroatoms. The van der Waals surface area contributed by atoms with Crippen molar-refractivity contribution in [2.24, 2.45) is 5.73 Å². The summed E-state index contributed by atoms with van der Waals surface area (Å²) in [6.07, 6.45) is 0. The van der Waals surface area contributed by atoms with Gasteiger partial charge in [0.1, 0.15) is 0 Å². The van der Waals surface area contributed by atoms with Gasteiger partial charge in [0.25, 0.3) is 0 Å². The van der Waals surface area contributed by atoms with E-state index < -0.39 is 0 Å². The van der Waals surface area contributed by atoms with Crippen LogP contribution >= 0.6 is 0 Å². The highest BCUT2D eigenvalue weighted by molar-refractivity contribution is 5.14. The molecule has 2 N–H and O–H groups in total. The molecule has 1 aromatic rings. The van der Waals surface area contributed by atoms with Crippen LogP contribution in [0.25, 0.3) is 0 Å². The van der Waals surface area contributed by atoms with Crippen molar-refractivity contribution >= 4 is 0 Å². The van der Waals surface area contributed by atoms with Gasteiger partial charge in [-0.05, 0) is 26.2 Å². The lowest BCUT2D eigenvalue weighted by Gasteiger charge is -2.08. The molecule has 0 saturated carbocycles. The summed E-state index contributed by atoms with van der Waals surface area (Å²) in [7, 11) is 4.15. The third kappa shape index (κ3) is 7.50. The van der Waals surface area contributed by atoms with E-state index in [0.717, 1.165) is 13.1 Å². The molecule has 0 aliphatic rings. The summed E-state index contributed by atoms with van der Waals surface area (Å²) in [5.41, 5.74) is 6.22. The van der Waals surface area contributed by atoms with Crippen LogP contribution < -0.4 is 5.73 Å². The van der Waals surface area contributed by atoms with Gasteiger partial charge in [0.15, 0.2) is 0 Å². The summed E-state index contributed by atoms with van der Waals surface area (Å²) in [4.78, 5) is 2.16. The normalized spacial score (nSPS) is 9.31. The molecular weight excluding hydrogens is 160 g/mol. The summed E-state index contributed by atoms with van der Waals surface area (Å²) >= 11 is 0. The second-order valence-electron chi connectivity index (χ2n) is 3.13. The zero-order valence-corrected chi connectivity index (χ0v) is 8.83. The second-order valence-corrected chi connectivity index (χ2v) is 3.13. The zero-order chi connectivity index (χ0) is 10.1. The first kappa shape index (κ1) is 12.1. The summed E-state index contributed by atoms with van der Waals surface area (Å²) in [6.45, 7) is 3.68. The standard InChI is InChI=1S/C9H13N.C2H7N/c1-10(2)8-9-6-4-3-5-7-9;1-2-3/h3-7H,8H2,1-2H3;2-3H2,1H3. The van der Waals surface area contributed by atoms with Gasteiger partial charge in [-0.25, -0.2) is 0 Å². The Kier molecular flexibility index (Phi) is 7.26. The van der Waals surface area contributed by atoms with E-state index in [2.05, 4.69) is 43.3 Å². The molecule has 0 saturated heterocycles. The lowest BCUT2D eigenvalue weighted by Crippen LogP contribution is -2.10. The second kappa shape index (κ2) is 7.77. The van der Waals surface area contributed by atoms with E-state index >= 15 is 0 Å². The molecule has 0 unspecified atom stereocenters. The van der Waals surface area contributed by atoms with Gasteiger partial charge in [0.2, 0.25) is 0 Å². The summed E-state index contributed by atoms with van der Waals surface area (Å²) in [5, 5.41) is 0. The topological polar surface area (TPSA) is 29.3 Å². The van der Waals surface area contributed by atoms with E-state index in [1.165, 1.54) is 5.56 Å². The fourth-order valence-electron chi connectivity index (χ4n) is 0.949. The minimum Gasteiger partial charge on any atom is -0.331 e. The highest BCUT2D eigenvalue weighted by atomic mass is 15.0. The summed E-state index contributed by atoms with van der Waals surface area (Å²) < 4.78 is 0. The molecule has 0 heterocycles. The fraction of sp³-hybridized carbons (Fsp3) is 0.455. The SMILES string of the molecule is CCN.CN(C)Cc1ccccc1. The van der Waals surface area contributed by atoms with Gasteiger partial charge < -0.3 is 10.6 Å². The summed E-state index contributed by atoms with van der Waals surface area (Å²) in [6, 6.07) is 10.5. The Labute approximate surface area is 81.4 Å². The van der Waals surface area contributed by atoms with E-state index in [9.17, 15) is 0 Å². The van der Waals surface area contributed by atoms with Crippen LogP contribution in [0.1, 0.15) is 12.5 Å². The quantitative estimate of drug-likeness (QED) is 0.750. The molecular formula is C11H20N2. The van der Waals surface area contributed by atoms with Crippen molar-refractivity contribution in [1.82, 2.24) is 4.90 Å². The Morgan fingerprint density at radius 1 is 1.15 bits per heavy atom. The predicted octanol–water partition coefficient (Wildman–Crippen LogP) is 1.71. The minimum atomic E-state index is 0.750. The Hall–Kier alpha value is -0.860. The van der Waals surface area contributed by atoms with Crippen LogP contribution in [0.15, 0.2) is 30.3 Å². The highest BCUT2D eigenvalue weighted by Crippen LogP contribution is 1.99. The molecule has 74 valence electrons. The third-order valence-electron chi connectivity index (χ3n) is 1.34. The van der Waals surface area contributed by atoms with Gasteiger partial charge in [-0.2, -0.15) is 0 Å². The van der Waals surface area contributed by atoms with Gasteiger partial charge in [-0.3, -0.25) is 0 Å². The first-order valence-corrected chi connectivity index (χ1v) is 4.59. The number of benzene rings is 1. The lowest BCUT2D eigenvalue weighted by molar-refractivity contribution is 0.402. The van der Waals surface area contributed by atoms with E-state index in [0.29, 0.717) is 0 Å². The molecule has 2 nitrogen and oxygen atoms in total. The molecule has 0 fully saturated rings. The van der Waals surface area contributed by atoms with Crippen molar-refractivity contribution in [2.45, 2.75) is 13.5 Å². The average Bonchev–Trinajstić information content (AvgIpc) is 2.06. The van der Waals surface area contributed by atoms with Crippen LogP contribution in [0.2, 0.25) is 0 Å². The van der Waals surface area contributed by atoms with E-state index in [1.54, 1.807) is 0 Å². The molecule has 0 bridgehead atoms. The molecule has 0 atom stereocenters. The molecule has 0 aliphatic heterocycles. The van der Waals surface area contributed by atoms with E-state index in [-0.39, 0.29) is 0 Å². The van der Waals surface area contributed by atoms with Crippen molar-refractivity contribution in [3.8, 4) is 0 Å². The molecule has 0 radical (unpaired) electrons. The van der Waals surface area contributed by atoms with Crippen LogP contribution in [0.5, 0.6) is 0 Å². The number of hydrogen-bond acceptors (Lipinski definition) is 2. The minimum absolute atomic E-state index is 0.750. The fourth-order valence-corrected chi connectivity index (χ4v) is 0.949. The van der Waals surface area contributed by atoms with Crippen molar-refractivity contribution in [3.63, 3.8) is 0 Å². The van der Waals surface area contributed by atoms with Crippen LogP contribution in [0.4, 0.5) is 0 Å². The average molecular weight is 180 g/mol. The predicted molar refractivity (Wildman–Crippen MR) is 58.6 cm³/mol. The van der Waals surface area contributed by atoms with E-state index in [1.807, 2.05) is 13.0 Å². The largest absolute Gasteiger partial charge is 0.331 e. The van der Waals surface area contributed by atoms with Crippen LogP contribution in [0.3, 0.4) is 0 Å². The van der Waals surface area contributed by atoms with Crippen molar-refractivity contribution in [3.05, 3.63) is 35.9 Å². The number of nitrogens with two attached hydrogens (primary N) is 1.